The van der Waals surface area contributed by atoms with Crippen molar-refractivity contribution in [3.63, 3.8) is 0 Å². The predicted octanol–water partition coefficient (Wildman–Crippen LogP) is 0.872. The first-order chi connectivity index (χ1) is 7.97. The average Bonchev–Trinajstić information content (AvgIpc) is 2.27. The molecule has 17 heavy (non-hydrogen) atoms. The van der Waals surface area contributed by atoms with Gasteiger partial charge in [0.25, 0.3) is 0 Å². The van der Waals surface area contributed by atoms with Crippen molar-refractivity contribution in [2.75, 3.05) is 31.3 Å². The number of aliphatic hydroxyl groups excluding tert-OH is 1. The van der Waals surface area contributed by atoms with Gasteiger partial charge in [-0.25, -0.2) is 4.79 Å². The van der Waals surface area contributed by atoms with Gasteiger partial charge in [0.1, 0.15) is 0 Å². The van der Waals surface area contributed by atoms with Crippen LogP contribution in [0.3, 0.4) is 0 Å². The number of likely N-dealkylation sites (N-methyl/N-ethyl adjacent to an activating group) is 1. The van der Waals surface area contributed by atoms with Crippen molar-refractivity contribution in [1.29, 1.82) is 0 Å². The molecule has 0 saturated carbocycles. The molecule has 0 radical (unpaired) electrons. The van der Waals surface area contributed by atoms with E-state index in [1.807, 2.05) is 0 Å². The Labute approximate surface area is 101 Å². The van der Waals surface area contributed by atoms with Gasteiger partial charge >= 0.3 is 5.97 Å². The zero-order valence-electron chi connectivity index (χ0n) is 10.3. The van der Waals surface area contributed by atoms with E-state index in [2.05, 4.69) is 4.74 Å². The summed E-state index contributed by atoms with van der Waals surface area (Å²) in [6.07, 6.45) is -0.471. The Morgan fingerprint density at radius 3 is 2.76 bits per heavy atom. The maximum absolute atomic E-state index is 11.5. The molecule has 1 aromatic carbocycles. The number of hydrogen-bond acceptors (Lipinski definition) is 5. The minimum absolute atomic E-state index is 0.336. The molecule has 0 amide bonds. The van der Waals surface area contributed by atoms with Gasteiger partial charge in [0.2, 0.25) is 0 Å². The quantitative estimate of drug-likeness (QED) is 0.601. The van der Waals surface area contributed by atoms with E-state index in [0.717, 1.165) is 0 Å². The Balaban J connectivity index is 3.05. The Morgan fingerprint density at radius 2 is 2.24 bits per heavy atom. The molecule has 0 bridgehead atoms. The Bertz CT molecular complexity index is 405. The molecule has 0 spiro atoms. The number of aliphatic hydroxyl groups is 1. The van der Waals surface area contributed by atoms with Crippen molar-refractivity contribution in [2.45, 2.75) is 13.0 Å². The third-order valence-corrected chi connectivity index (χ3v) is 2.44. The van der Waals surface area contributed by atoms with Gasteiger partial charge in [-0.15, -0.1) is 0 Å². The number of rotatable bonds is 4. The number of carbonyl (C=O) groups is 1. The molecule has 0 aliphatic heterocycles. The Kier molecular flexibility index (Phi) is 4.34. The zero-order valence-corrected chi connectivity index (χ0v) is 10.3. The van der Waals surface area contributed by atoms with Crippen molar-refractivity contribution in [3.8, 4) is 0 Å². The van der Waals surface area contributed by atoms with Crippen LogP contribution in [0.4, 0.5) is 11.4 Å². The minimum Gasteiger partial charge on any atom is -0.465 e. The van der Waals surface area contributed by atoms with Gasteiger partial charge in [0, 0.05) is 13.6 Å². The van der Waals surface area contributed by atoms with E-state index in [4.69, 9.17) is 5.73 Å². The summed E-state index contributed by atoms with van der Waals surface area (Å²) in [4.78, 5) is 13.3. The van der Waals surface area contributed by atoms with Crippen molar-refractivity contribution in [2.24, 2.45) is 0 Å². The largest absolute Gasteiger partial charge is 0.465 e. The molecule has 5 heteroatoms. The van der Waals surface area contributed by atoms with Crippen LogP contribution in [0.5, 0.6) is 0 Å². The van der Waals surface area contributed by atoms with Crippen LogP contribution in [0.2, 0.25) is 0 Å². The lowest BCUT2D eigenvalue weighted by atomic mass is 10.1. The van der Waals surface area contributed by atoms with Gasteiger partial charge in [-0.3, -0.25) is 0 Å². The van der Waals surface area contributed by atoms with Crippen molar-refractivity contribution in [1.82, 2.24) is 0 Å². The normalized spacial score (nSPS) is 12.0. The van der Waals surface area contributed by atoms with Crippen molar-refractivity contribution < 1.29 is 14.6 Å². The Morgan fingerprint density at radius 1 is 1.59 bits per heavy atom. The lowest BCUT2D eigenvalue weighted by Crippen LogP contribution is -2.28. The fraction of sp³-hybridized carbons (Fsp3) is 0.417. The summed E-state index contributed by atoms with van der Waals surface area (Å²) in [5, 5.41) is 9.33. The molecule has 3 N–H and O–H groups in total. The van der Waals surface area contributed by atoms with E-state index in [1.54, 1.807) is 37.1 Å². The lowest BCUT2D eigenvalue weighted by Gasteiger charge is -2.23. The number of hydrogen-bond donors (Lipinski definition) is 2. The van der Waals surface area contributed by atoms with E-state index >= 15 is 0 Å². The van der Waals surface area contributed by atoms with Gasteiger partial charge < -0.3 is 20.5 Å². The molecule has 0 saturated heterocycles. The van der Waals surface area contributed by atoms with E-state index in [1.165, 1.54) is 7.11 Å². The standard InChI is InChI=1S/C12H18N2O3/c1-8(15)7-14(2)10-6-4-5-9(11(10)13)12(16)17-3/h4-6,8,15H,7,13H2,1-3H3. The van der Waals surface area contributed by atoms with Crippen LogP contribution in [-0.2, 0) is 4.74 Å². The van der Waals surface area contributed by atoms with Crippen molar-refractivity contribution >= 4 is 17.3 Å². The van der Waals surface area contributed by atoms with Gasteiger partial charge in [-0.2, -0.15) is 0 Å². The molecule has 0 aromatic heterocycles. The van der Waals surface area contributed by atoms with Crippen LogP contribution in [-0.4, -0.2) is 37.9 Å². The van der Waals surface area contributed by atoms with Crippen LogP contribution < -0.4 is 10.6 Å². The lowest BCUT2D eigenvalue weighted by molar-refractivity contribution is 0.0602. The molecule has 0 aliphatic rings. The fourth-order valence-corrected chi connectivity index (χ4v) is 1.67. The minimum atomic E-state index is -0.471. The predicted molar refractivity (Wildman–Crippen MR) is 67.1 cm³/mol. The van der Waals surface area contributed by atoms with Crippen LogP contribution in [0.15, 0.2) is 18.2 Å². The maximum Gasteiger partial charge on any atom is 0.340 e. The second-order valence-corrected chi connectivity index (χ2v) is 3.96. The Hall–Kier alpha value is -1.75. The average molecular weight is 238 g/mol. The highest BCUT2D eigenvalue weighted by atomic mass is 16.5. The zero-order chi connectivity index (χ0) is 13.0. The number of esters is 1. The number of carbonyl (C=O) groups excluding carboxylic acids is 1. The summed E-state index contributed by atoms with van der Waals surface area (Å²) >= 11 is 0. The number of nitrogen functional groups attached to an aromatic ring is 1. The summed E-state index contributed by atoms with van der Waals surface area (Å²) in [6.45, 7) is 2.13. The van der Waals surface area contributed by atoms with Crippen LogP contribution in [0, 0.1) is 0 Å². The molecule has 0 fully saturated rings. The molecule has 1 aromatic rings. The van der Waals surface area contributed by atoms with E-state index in [-0.39, 0.29) is 0 Å². The summed E-state index contributed by atoms with van der Waals surface area (Å²) in [5.74, 6) is -0.463. The topological polar surface area (TPSA) is 75.8 Å². The van der Waals surface area contributed by atoms with E-state index in [9.17, 15) is 9.90 Å². The first-order valence-corrected chi connectivity index (χ1v) is 5.33. The first-order valence-electron chi connectivity index (χ1n) is 5.33. The molecular weight excluding hydrogens is 220 g/mol. The monoisotopic (exact) mass is 238 g/mol. The highest BCUT2D eigenvalue weighted by Gasteiger charge is 2.15. The van der Waals surface area contributed by atoms with Gasteiger partial charge in [-0.1, -0.05) is 6.07 Å². The number of methoxy groups -OCH3 is 1. The summed E-state index contributed by atoms with van der Waals surface area (Å²) in [6, 6.07) is 5.14. The molecule has 0 heterocycles. The van der Waals surface area contributed by atoms with E-state index < -0.39 is 12.1 Å². The molecule has 1 unspecified atom stereocenters. The maximum atomic E-state index is 11.5. The number of nitrogens with two attached hydrogens (primary N) is 1. The fourth-order valence-electron chi connectivity index (χ4n) is 1.67. The van der Waals surface area contributed by atoms with Crippen molar-refractivity contribution in [3.05, 3.63) is 23.8 Å². The molecule has 1 atom stereocenters. The second-order valence-electron chi connectivity index (χ2n) is 3.96. The highest BCUT2D eigenvalue weighted by Crippen LogP contribution is 2.26. The summed E-state index contributed by atoms with van der Waals surface area (Å²) in [7, 11) is 3.12. The number of anilines is 2. The molecule has 0 aliphatic carbocycles. The molecular formula is C12H18N2O3. The molecule has 5 nitrogen and oxygen atoms in total. The SMILES string of the molecule is COC(=O)c1cccc(N(C)CC(C)O)c1N. The highest BCUT2D eigenvalue weighted by molar-refractivity contribution is 5.98. The smallest absolute Gasteiger partial charge is 0.340 e. The van der Waals surface area contributed by atoms with Gasteiger partial charge in [-0.05, 0) is 19.1 Å². The number of benzene rings is 1. The molecule has 94 valence electrons. The molecule has 1 rings (SSSR count). The number of nitrogens with zero attached hydrogens (tertiary/aromatic N) is 1. The van der Waals surface area contributed by atoms with Crippen LogP contribution >= 0.6 is 0 Å². The summed E-state index contributed by atoms with van der Waals surface area (Å²) < 4.78 is 4.65. The summed E-state index contributed by atoms with van der Waals surface area (Å²) in [5.41, 5.74) is 7.31. The second kappa shape index (κ2) is 5.54. The first kappa shape index (κ1) is 13.3. The van der Waals surface area contributed by atoms with Crippen LogP contribution in [0.25, 0.3) is 0 Å². The van der Waals surface area contributed by atoms with E-state index in [0.29, 0.717) is 23.5 Å². The third kappa shape index (κ3) is 3.10. The van der Waals surface area contributed by atoms with Crippen LogP contribution in [0.1, 0.15) is 17.3 Å². The number of ether oxygens (including phenoxy) is 1. The van der Waals surface area contributed by atoms with Gasteiger partial charge in [0.15, 0.2) is 0 Å². The van der Waals surface area contributed by atoms with Gasteiger partial charge in [0.05, 0.1) is 30.2 Å². The number of para-hydroxylation sites is 1. The third-order valence-electron chi connectivity index (χ3n) is 2.44.